The number of hydrogen-bond acceptors (Lipinski definition) is 1. The van der Waals surface area contributed by atoms with E-state index in [9.17, 15) is 13.2 Å². The largest absolute Gasteiger partial charge is 0.328 e. The highest BCUT2D eigenvalue weighted by molar-refractivity contribution is 5.59. The third-order valence-electron chi connectivity index (χ3n) is 3.13. The van der Waals surface area contributed by atoms with Crippen molar-refractivity contribution in [3.05, 3.63) is 65.7 Å². The number of hydrogen-bond donors (Lipinski definition) is 0. The van der Waals surface area contributed by atoms with Crippen molar-refractivity contribution in [1.82, 2.24) is 9.55 Å². The fourth-order valence-electron chi connectivity index (χ4n) is 2.17. The summed E-state index contributed by atoms with van der Waals surface area (Å²) in [5.41, 5.74) is 0.860. The summed E-state index contributed by atoms with van der Waals surface area (Å²) >= 11 is 0. The Morgan fingerprint density at radius 2 is 1.90 bits per heavy atom. The Bertz CT molecular complexity index is 706. The molecule has 1 aromatic carbocycles. The molecule has 1 aromatic rings. The van der Waals surface area contributed by atoms with Gasteiger partial charge in [-0.3, -0.25) is 0 Å². The van der Waals surface area contributed by atoms with Gasteiger partial charge in [-0.1, -0.05) is 18.2 Å². The lowest BCUT2D eigenvalue weighted by atomic mass is 10.2. The molecule has 0 spiro atoms. The van der Waals surface area contributed by atoms with Gasteiger partial charge in [0.1, 0.15) is 17.3 Å². The van der Waals surface area contributed by atoms with Crippen molar-refractivity contribution in [3.63, 3.8) is 0 Å². The molecule has 0 saturated carbocycles. The van der Waals surface area contributed by atoms with Crippen molar-refractivity contribution in [1.29, 1.82) is 0 Å². The third-order valence-corrected chi connectivity index (χ3v) is 3.13. The van der Waals surface area contributed by atoms with E-state index in [-0.39, 0.29) is 18.1 Å². The lowest BCUT2D eigenvalue weighted by Gasteiger charge is -2.11. The zero-order valence-electron chi connectivity index (χ0n) is 10.4. The molecule has 0 unspecified atom stereocenters. The highest BCUT2D eigenvalue weighted by Crippen LogP contribution is 2.28. The molecule has 20 heavy (non-hydrogen) atoms. The van der Waals surface area contributed by atoms with Gasteiger partial charge < -0.3 is 4.57 Å². The van der Waals surface area contributed by atoms with E-state index in [1.165, 1.54) is 12.1 Å². The average Bonchev–Trinajstić information content (AvgIpc) is 2.86. The first-order valence-corrected chi connectivity index (χ1v) is 6.12. The molecule has 0 radical (unpaired) electrons. The molecule has 0 atom stereocenters. The smallest absolute Gasteiger partial charge is 0.280 e. The minimum Gasteiger partial charge on any atom is -0.328 e. The van der Waals surface area contributed by atoms with Gasteiger partial charge in [0, 0.05) is 17.3 Å². The van der Waals surface area contributed by atoms with Gasteiger partial charge >= 0.3 is 0 Å². The molecule has 2 nitrogen and oxygen atoms in total. The molecule has 2 aliphatic heterocycles. The van der Waals surface area contributed by atoms with Crippen molar-refractivity contribution in [2.24, 2.45) is 0 Å². The SMILES string of the molecule is Fc1ccccc1Cn1cccc2cc(C(F)F)nc1-2. The van der Waals surface area contributed by atoms with Crippen molar-refractivity contribution in [3.8, 4) is 11.4 Å². The molecule has 0 saturated heterocycles. The molecular formula is C15H11F3N2. The van der Waals surface area contributed by atoms with E-state index in [0.29, 0.717) is 17.0 Å². The van der Waals surface area contributed by atoms with E-state index in [4.69, 9.17) is 0 Å². The second-order valence-electron chi connectivity index (χ2n) is 4.49. The van der Waals surface area contributed by atoms with Crippen LogP contribution < -0.4 is 0 Å². The molecule has 5 heteroatoms. The van der Waals surface area contributed by atoms with Gasteiger partial charge in [0.15, 0.2) is 0 Å². The summed E-state index contributed by atoms with van der Waals surface area (Å²) in [6, 6.07) is 11.2. The topological polar surface area (TPSA) is 17.8 Å². The van der Waals surface area contributed by atoms with Crippen molar-refractivity contribution in [2.75, 3.05) is 0 Å². The molecule has 2 aliphatic rings. The van der Waals surface area contributed by atoms with Gasteiger partial charge in [-0.15, -0.1) is 0 Å². The lowest BCUT2D eigenvalue weighted by molar-refractivity contribution is 0.147. The quantitative estimate of drug-likeness (QED) is 0.703. The second kappa shape index (κ2) is 5.00. The molecule has 0 aromatic heterocycles. The maximum absolute atomic E-state index is 13.7. The van der Waals surface area contributed by atoms with Crippen LogP contribution in [-0.4, -0.2) is 9.55 Å². The van der Waals surface area contributed by atoms with Crippen LogP contribution in [0.25, 0.3) is 11.4 Å². The second-order valence-corrected chi connectivity index (χ2v) is 4.49. The van der Waals surface area contributed by atoms with Crippen LogP contribution in [0.1, 0.15) is 17.7 Å². The van der Waals surface area contributed by atoms with Crippen LogP contribution in [0.3, 0.4) is 0 Å². The van der Waals surface area contributed by atoms with Crippen LogP contribution in [0.4, 0.5) is 13.2 Å². The van der Waals surface area contributed by atoms with Gasteiger partial charge in [-0.25, -0.2) is 18.2 Å². The Kier molecular flexibility index (Phi) is 3.18. The van der Waals surface area contributed by atoms with Gasteiger partial charge in [-0.2, -0.15) is 0 Å². The predicted molar refractivity (Wildman–Crippen MR) is 69.3 cm³/mol. The van der Waals surface area contributed by atoms with Crippen LogP contribution in [-0.2, 0) is 6.54 Å². The Balaban J connectivity index is 2.02. The number of aromatic nitrogens is 2. The van der Waals surface area contributed by atoms with E-state index in [1.54, 1.807) is 41.1 Å². The summed E-state index contributed by atoms with van der Waals surface area (Å²) < 4.78 is 40.7. The Hall–Kier alpha value is -2.30. The summed E-state index contributed by atoms with van der Waals surface area (Å²) in [6.07, 6.45) is -0.902. The summed E-state index contributed by atoms with van der Waals surface area (Å²) in [4.78, 5) is 3.93. The van der Waals surface area contributed by atoms with Crippen LogP contribution in [0.15, 0.2) is 48.7 Å². The molecule has 0 bridgehead atoms. The number of pyridine rings is 1. The molecule has 0 aliphatic carbocycles. The highest BCUT2D eigenvalue weighted by Gasteiger charge is 2.18. The molecule has 3 rings (SSSR count). The van der Waals surface area contributed by atoms with Crippen LogP contribution in [0, 0.1) is 5.82 Å². The van der Waals surface area contributed by atoms with Crippen LogP contribution >= 0.6 is 0 Å². The summed E-state index contributed by atoms with van der Waals surface area (Å²) in [7, 11) is 0. The number of benzene rings is 1. The monoisotopic (exact) mass is 276 g/mol. The van der Waals surface area contributed by atoms with E-state index >= 15 is 0 Å². The molecule has 102 valence electrons. The minimum absolute atomic E-state index is 0.254. The normalized spacial score (nSPS) is 11.4. The van der Waals surface area contributed by atoms with E-state index in [2.05, 4.69) is 4.98 Å². The maximum atomic E-state index is 13.7. The van der Waals surface area contributed by atoms with Gasteiger partial charge in [-0.05, 0) is 24.3 Å². The fourth-order valence-corrected chi connectivity index (χ4v) is 2.17. The summed E-state index contributed by atoms with van der Waals surface area (Å²) in [6.45, 7) is 0.254. The van der Waals surface area contributed by atoms with Crippen LogP contribution in [0.2, 0.25) is 0 Å². The van der Waals surface area contributed by atoms with Gasteiger partial charge in [0.05, 0.1) is 6.54 Å². The highest BCUT2D eigenvalue weighted by atomic mass is 19.3. The molecule has 2 heterocycles. The molecule has 0 N–H and O–H groups in total. The van der Waals surface area contributed by atoms with E-state index < -0.39 is 6.43 Å². The lowest BCUT2D eigenvalue weighted by Crippen LogP contribution is -2.06. The van der Waals surface area contributed by atoms with Gasteiger partial charge in [0.2, 0.25) is 0 Å². The van der Waals surface area contributed by atoms with Gasteiger partial charge in [0.25, 0.3) is 6.43 Å². The first kappa shape index (κ1) is 12.7. The zero-order valence-corrected chi connectivity index (χ0v) is 10.4. The zero-order chi connectivity index (χ0) is 14.1. The minimum atomic E-state index is -2.61. The van der Waals surface area contributed by atoms with Crippen LogP contribution in [0.5, 0.6) is 0 Å². The first-order valence-electron chi connectivity index (χ1n) is 6.12. The first-order chi connectivity index (χ1) is 9.65. The van der Waals surface area contributed by atoms with E-state index in [0.717, 1.165) is 0 Å². The van der Waals surface area contributed by atoms with Crippen molar-refractivity contribution >= 4 is 0 Å². The number of alkyl halides is 2. The number of nitrogens with zero attached hydrogens (tertiary/aromatic N) is 2. The molecule has 0 amide bonds. The number of fused-ring (bicyclic) bond motifs is 1. The Morgan fingerprint density at radius 1 is 1.10 bits per heavy atom. The Labute approximate surface area is 113 Å². The van der Waals surface area contributed by atoms with Crippen molar-refractivity contribution in [2.45, 2.75) is 13.0 Å². The molecular weight excluding hydrogens is 265 g/mol. The summed E-state index contributed by atoms with van der Waals surface area (Å²) in [5.74, 6) is 0.115. The predicted octanol–water partition coefficient (Wildman–Crippen LogP) is 4.11. The summed E-state index contributed by atoms with van der Waals surface area (Å²) in [5, 5.41) is 0. The standard InChI is InChI=1S/C15H11F3N2/c16-12-6-2-1-4-11(12)9-20-7-3-5-10-8-13(14(17)18)19-15(10)20/h1-8,14H,9H2. The van der Waals surface area contributed by atoms with E-state index in [1.807, 2.05) is 0 Å². The Morgan fingerprint density at radius 3 is 2.65 bits per heavy atom. The average molecular weight is 276 g/mol. The fraction of sp³-hybridized carbons (Fsp3) is 0.133. The van der Waals surface area contributed by atoms with Crippen molar-refractivity contribution < 1.29 is 13.2 Å². The molecule has 0 fully saturated rings. The third kappa shape index (κ3) is 2.27. The number of rotatable bonds is 3. The number of halogens is 3. The maximum Gasteiger partial charge on any atom is 0.280 e.